The Kier molecular flexibility index (Phi) is 6.38. The molecule has 2 aromatic heterocycles. The van der Waals surface area contributed by atoms with Crippen molar-refractivity contribution in [3.63, 3.8) is 0 Å². The smallest absolute Gasteiger partial charge is 0.394 e. The molecular weight excluding hydrogens is 568 g/mol. The van der Waals surface area contributed by atoms with Crippen molar-refractivity contribution in [3.05, 3.63) is 119 Å². The van der Waals surface area contributed by atoms with E-state index >= 15 is 0 Å². The van der Waals surface area contributed by atoms with E-state index in [0.717, 1.165) is 34.2 Å². The van der Waals surface area contributed by atoms with Crippen LogP contribution in [-0.2, 0) is 26.1 Å². The average molecular weight is 593 g/mol. The first kappa shape index (κ1) is 26.9. The fourth-order valence-corrected chi connectivity index (χ4v) is 5.81. The highest BCUT2D eigenvalue weighted by Crippen LogP contribution is 2.34. The quantitative estimate of drug-likeness (QED) is 0.195. The predicted octanol–water partition coefficient (Wildman–Crippen LogP) is 0.866. The zero-order valence-electron chi connectivity index (χ0n) is 23.0. The first-order chi connectivity index (χ1) is 21.2. The normalized spacial score (nSPS) is 15.3. The molecule has 3 heterocycles. The molecule has 7 rings (SSSR count). The van der Waals surface area contributed by atoms with Crippen molar-refractivity contribution in [1.29, 1.82) is 0 Å². The van der Waals surface area contributed by atoms with Crippen LogP contribution in [0.15, 0.2) is 67.7 Å². The number of rotatable bonds is 7. The molecular formula is C30H24N8O6. The molecule has 1 atom stereocenters. The van der Waals surface area contributed by atoms with Gasteiger partial charge in [-0.2, -0.15) is 0 Å². The standard InChI is InChI=1S/C30H24N8O6/c31-23-24(26(40)25(23)39)38-11-17-2-1-14(7-18(17)12-38)10-32-28(41)21-9-22(34-13-33-21)29(42)35-20-6-4-15-8-16(3-5-19(15)20)27-36-30(43)44-37-27/h1-3,5,7-9,13,20H,4,6,10-12,31H2,(H,32,41)(H,35,42)(H,36,37,43)/t20-/m0/s1. The van der Waals surface area contributed by atoms with Crippen LogP contribution in [0.1, 0.15) is 61.3 Å². The molecule has 0 bridgehead atoms. The number of aryl methyl sites for hydroxylation is 1. The molecule has 0 spiro atoms. The van der Waals surface area contributed by atoms with E-state index in [2.05, 4.69) is 35.3 Å². The van der Waals surface area contributed by atoms with E-state index in [1.54, 1.807) is 11.0 Å². The van der Waals surface area contributed by atoms with E-state index in [9.17, 15) is 24.0 Å². The summed E-state index contributed by atoms with van der Waals surface area (Å²) in [6, 6.07) is 12.4. The Morgan fingerprint density at radius 1 is 0.955 bits per heavy atom. The second kappa shape index (κ2) is 10.4. The van der Waals surface area contributed by atoms with Crippen LogP contribution in [0.25, 0.3) is 11.4 Å². The fraction of sp³-hybridized carbons (Fsp3) is 0.200. The molecule has 0 unspecified atom stereocenters. The lowest BCUT2D eigenvalue weighted by molar-refractivity contribution is 0.0931. The van der Waals surface area contributed by atoms with Gasteiger partial charge in [-0.25, -0.2) is 14.8 Å². The van der Waals surface area contributed by atoms with Crippen LogP contribution in [-0.4, -0.2) is 31.9 Å². The van der Waals surface area contributed by atoms with Gasteiger partial charge in [0.25, 0.3) is 22.7 Å². The Hall–Kier alpha value is -5.92. The third-order valence-electron chi connectivity index (χ3n) is 8.06. The van der Waals surface area contributed by atoms with Crippen molar-refractivity contribution < 1.29 is 14.1 Å². The topological polar surface area (TPSA) is 206 Å². The lowest BCUT2D eigenvalue weighted by Crippen LogP contribution is -2.40. The number of nitrogens with zero attached hydrogens (tertiary/aromatic N) is 4. The Balaban J connectivity index is 0.977. The largest absolute Gasteiger partial charge is 0.439 e. The maximum Gasteiger partial charge on any atom is 0.439 e. The Labute approximate surface area is 247 Å². The van der Waals surface area contributed by atoms with E-state index in [1.165, 1.54) is 12.4 Å². The summed E-state index contributed by atoms with van der Waals surface area (Å²) in [6.07, 6.45) is 2.57. The van der Waals surface area contributed by atoms with E-state index < -0.39 is 28.4 Å². The maximum absolute atomic E-state index is 13.1. The van der Waals surface area contributed by atoms with Crippen LogP contribution >= 0.6 is 0 Å². The Bertz CT molecular complexity index is 2110. The van der Waals surface area contributed by atoms with Gasteiger partial charge >= 0.3 is 5.76 Å². The van der Waals surface area contributed by atoms with Crippen LogP contribution in [0.2, 0.25) is 0 Å². The first-order valence-corrected chi connectivity index (χ1v) is 13.8. The van der Waals surface area contributed by atoms with Gasteiger partial charge in [-0.05, 0) is 46.7 Å². The molecule has 44 heavy (non-hydrogen) atoms. The number of hydrogen-bond acceptors (Lipinski definition) is 11. The fourth-order valence-electron chi connectivity index (χ4n) is 5.81. The molecule has 1 aliphatic heterocycles. The summed E-state index contributed by atoms with van der Waals surface area (Å²) in [5, 5.41) is 9.52. The van der Waals surface area contributed by atoms with Crippen LogP contribution in [0.3, 0.4) is 0 Å². The third-order valence-corrected chi connectivity index (χ3v) is 8.06. The van der Waals surface area contributed by atoms with Gasteiger partial charge in [-0.3, -0.25) is 28.7 Å². The van der Waals surface area contributed by atoms with Crippen molar-refractivity contribution in [2.45, 2.75) is 38.5 Å². The molecule has 2 amide bonds. The summed E-state index contributed by atoms with van der Waals surface area (Å²) in [5.41, 5.74) is 10.4. The molecule has 2 aliphatic rings. The molecule has 5 aromatic rings. The number of carbonyl (C=O) groups excluding carboxylic acids is 2. The van der Waals surface area contributed by atoms with E-state index in [1.807, 2.05) is 30.3 Å². The minimum Gasteiger partial charge on any atom is -0.394 e. The highest BCUT2D eigenvalue weighted by Gasteiger charge is 2.29. The number of nitrogens with one attached hydrogen (secondary N) is 3. The van der Waals surface area contributed by atoms with Crippen LogP contribution in [0, 0.1) is 0 Å². The molecule has 1 aliphatic carbocycles. The number of anilines is 2. The van der Waals surface area contributed by atoms with Gasteiger partial charge in [-0.15, -0.1) is 0 Å². The second-order valence-electron chi connectivity index (χ2n) is 10.8. The summed E-state index contributed by atoms with van der Waals surface area (Å²) in [6.45, 7) is 1.12. The van der Waals surface area contributed by atoms with Crippen LogP contribution in [0.4, 0.5) is 11.4 Å². The number of nitrogen functional groups attached to an aromatic ring is 1. The number of aromatic amines is 1. The number of amides is 2. The van der Waals surface area contributed by atoms with Crippen LogP contribution in [0.5, 0.6) is 0 Å². The summed E-state index contributed by atoms with van der Waals surface area (Å²) in [4.78, 5) is 73.1. The third kappa shape index (κ3) is 4.71. The number of benzene rings is 2. The van der Waals surface area contributed by atoms with Crippen molar-refractivity contribution in [1.82, 2.24) is 30.7 Å². The lowest BCUT2D eigenvalue weighted by atomic mass is 10.0. The molecule has 3 aromatic carbocycles. The molecule has 220 valence electrons. The minimum atomic E-state index is -0.646. The minimum absolute atomic E-state index is 0.00132. The van der Waals surface area contributed by atoms with Gasteiger partial charge in [-0.1, -0.05) is 35.5 Å². The van der Waals surface area contributed by atoms with Crippen molar-refractivity contribution in [2.24, 2.45) is 0 Å². The lowest BCUT2D eigenvalue weighted by Gasteiger charge is -2.19. The summed E-state index contributed by atoms with van der Waals surface area (Å²) >= 11 is 0. The predicted molar refractivity (Wildman–Crippen MR) is 156 cm³/mol. The van der Waals surface area contributed by atoms with E-state index in [-0.39, 0.29) is 35.3 Å². The number of H-pyrrole nitrogens is 1. The number of hydrogen-bond donors (Lipinski definition) is 4. The zero-order chi connectivity index (χ0) is 30.5. The molecule has 0 radical (unpaired) electrons. The number of carbonyl (C=O) groups is 2. The number of fused-ring (bicyclic) bond motifs is 2. The van der Waals surface area contributed by atoms with E-state index in [0.29, 0.717) is 30.9 Å². The van der Waals surface area contributed by atoms with Crippen molar-refractivity contribution in [3.8, 4) is 11.4 Å². The van der Waals surface area contributed by atoms with E-state index in [4.69, 9.17) is 5.73 Å². The monoisotopic (exact) mass is 592 g/mol. The first-order valence-electron chi connectivity index (χ1n) is 13.8. The SMILES string of the molecule is Nc1c(N2Cc3ccc(CNC(=O)c4cc(C(=O)N[C@H]5CCc6cc(-c7noc(=O)[nH]7)ccc65)ncn4)cc3C2)c(=O)c1=O. The highest BCUT2D eigenvalue weighted by atomic mass is 16.5. The van der Waals surface area contributed by atoms with Crippen molar-refractivity contribution in [2.75, 3.05) is 10.6 Å². The number of nitrogens with two attached hydrogens (primary N) is 1. The van der Waals surface area contributed by atoms with Gasteiger partial charge in [0.1, 0.15) is 29.1 Å². The van der Waals surface area contributed by atoms with Crippen molar-refractivity contribution >= 4 is 23.2 Å². The van der Waals surface area contributed by atoms with Gasteiger partial charge in [0.2, 0.25) is 0 Å². The highest BCUT2D eigenvalue weighted by molar-refractivity contribution is 5.97. The Morgan fingerprint density at radius 3 is 2.52 bits per heavy atom. The molecule has 14 heteroatoms. The average Bonchev–Trinajstić information content (AvgIpc) is 3.77. The summed E-state index contributed by atoms with van der Waals surface area (Å²) < 4.78 is 4.58. The van der Waals surface area contributed by atoms with Gasteiger partial charge < -0.3 is 21.3 Å². The molecule has 0 fully saturated rings. The Morgan fingerprint density at radius 2 is 1.75 bits per heavy atom. The zero-order valence-corrected chi connectivity index (χ0v) is 23.0. The molecule has 0 saturated carbocycles. The van der Waals surface area contributed by atoms with Gasteiger partial charge in [0.05, 0.1) is 6.04 Å². The van der Waals surface area contributed by atoms with Gasteiger partial charge in [0, 0.05) is 31.3 Å². The van der Waals surface area contributed by atoms with Gasteiger partial charge in [0.15, 0.2) is 5.82 Å². The summed E-state index contributed by atoms with van der Waals surface area (Å²) in [7, 11) is 0. The molecule has 5 N–H and O–H groups in total. The maximum atomic E-state index is 13.1. The second-order valence-corrected chi connectivity index (χ2v) is 10.8. The summed E-state index contributed by atoms with van der Waals surface area (Å²) in [5.74, 6) is -1.20. The molecule has 14 nitrogen and oxygen atoms in total. The number of aromatic nitrogens is 4. The van der Waals surface area contributed by atoms with Crippen LogP contribution < -0.4 is 37.9 Å². The molecule has 0 saturated heterocycles.